The molecule has 2 N–H and O–H groups in total. The second-order valence-electron chi connectivity index (χ2n) is 8.63. The van der Waals surface area contributed by atoms with Crippen LogP contribution in [0.15, 0.2) is 79.0 Å². The summed E-state index contributed by atoms with van der Waals surface area (Å²) in [7, 11) is 0. The summed E-state index contributed by atoms with van der Waals surface area (Å²) in [6.07, 6.45) is -9.06. The van der Waals surface area contributed by atoms with Gasteiger partial charge >= 0.3 is 18.3 Å². The molecule has 0 bridgehead atoms. The van der Waals surface area contributed by atoms with Gasteiger partial charge in [-0.3, -0.25) is 4.79 Å². The van der Waals surface area contributed by atoms with Crippen molar-refractivity contribution in [1.29, 1.82) is 0 Å². The molecule has 40 heavy (non-hydrogen) atoms. The van der Waals surface area contributed by atoms with E-state index in [0.29, 0.717) is 27.6 Å². The lowest BCUT2D eigenvalue weighted by atomic mass is 9.99. The molecule has 0 unspecified atom stereocenters. The minimum Gasteiger partial charge on any atom is -0.480 e. The summed E-state index contributed by atoms with van der Waals surface area (Å²) in [4.78, 5) is 24.7. The minimum absolute atomic E-state index is 0.0151. The van der Waals surface area contributed by atoms with Crippen LogP contribution < -0.4 is 5.32 Å². The quantitative estimate of drug-likeness (QED) is 0.239. The molecule has 0 saturated heterocycles. The zero-order valence-corrected chi connectivity index (χ0v) is 20.8. The fraction of sp³-hybridized carbons (Fsp3) is 0.148. The van der Waals surface area contributed by atoms with Gasteiger partial charge in [-0.1, -0.05) is 48.0 Å². The second-order valence-corrected chi connectivity index (χ2v) is 9.07. The molecule has 0 saturated carbocycles. The molecule has 6 nitrogen and oxygen atoms in total. The maximum Gasteiger partial charge on any atom is 0.434 e. The zero-order valence-electron chi connectivity index (χ0n) is 20.1. The van der Waals surface area contributed by atoms with Gasteiger partial charge in [-0.2, -0.15) is 31.4 Å². The van der Waals surface area contributed by atoms with Crippen molar-refractivity contribution in [2.24, 2.45) is 0 Å². The number of hydrogen-bond acceptors (Lipinski definition) is 3. The molecule has 4 rings (SSSR count). The number of nitrogens with zero attached hydrogens (tertiary/aromatic N) is 2. The predicted molar refractivity (Wildman–Crippen MR) is 133 cm³/mol. The highest BCUT2D eigenvalue weighted by atomic mass is 35.5. The van der Waals surface area contributed by atoms with Crippen LogP contribution in [0.1, 0.15) is 27.2 Å². The lowest BCUT2D eigenvalue weighted by molar-refractivity contribution is -0.143. The van der Waals surface area contributed by atoms with Crippen molar-refractivity contribution in [2.45, 2.75) is 24.8 Å². The van der Waals surface area contributed by atoms with E-state index in [2.05, 4.69) is 10.4 Å². The second kappa shape index (κ2) is 11.0. The smallest absolute Gasteiger partial charge is 0.434 e. The summed E-state index contributed by atoms with van der Waals surface area (Å²) in [5.74, 6) is -2.78. The zero-order chi connectivity index (χ0) is 29.2. The molecule has 1 heterocycles. The number of aliphatic carboxylic acids is 1. The first kappa shape index (κ1) is 28.7. The van der Waals surface area contributed by atoms with Gasteiger partial charge in [0.1, 0.15) is 6.04 Å². The van der Waals surface area contributed by atoms with E-state index in [1.807, 2.05) is 0 Å². The van der Waals surface area contributed by atoms with Gasteiger partial charge in [0.05, 0.1) is 23.0 Å². The van der Waals surface area contributed by atoms with Gasteiger partial charge in [0.15, 0.2) is 5.69 Å². The van der Waals surface area contributed by atoms with Crippen molar-refractivity contribution in [3.8, 4) is 16.8 Å². The number of benzene rings is 3. The summed E-state index contributed by atoms with van der Waals surface area (Å²) >= 11 is 5.79. The highest BCUT2D eigenvalue weighted by molar-refractivity contribution is 6.30. The minimum atomic E-state index is -5.00. The predicted octanol–water partition coefficient (Wildman–Crippen LogP) is 6.66. The lowest BCUT2D eigenvalue weighted by Crippen LogP contribution is -2.42. The highest BCUT2D eigenvalue weighted by Crippen LogP contribution is 2.34. The molecule has 1 atom stereocenters. The van der Waals surface area contributed by atoms with Crippen LogP contribution in [0.4, 0.5) is 26.3 Å². The molecular formula is C27H18ClF6N3O3. The molecule has 0 aliphatic rings. The Bertz CT molecular complexity index is 1510. The summed E-state index contributed by atoms with van der Waals surface area (Å²) in [5, 5.41) is 15.7. The number of hydrogen-bond donors (Lipinski definition) is 2. The molecule has 0 aliphatic carbocycles. The summed E-state index contributed by atoms with van der Waals surface area (Å²) in [5.41, 5.74) is -1.63. The monoisotopic (exact) mass is 581 g/mol. The Morgan fingerprint density at radius 2 is 1.40 bits per heavy atom. The number of carboxylic acids is 1. The molecule has 208 valence electrons. The SMILES string of the molecule is O=C(N[C@@H](Cc1ccc(-c2ccc(C(F)(F)F)cc2)cc1)C(=O)O)c1cnn(-c2ccc(Cl)cc2)c1C(F)(F)F. The highest BCUT2D eigenvalue weighted by Gasteiger charge is 2.41. The Labute approximate surface area is 227 Å². The Morgan fingerprint density at radius 1 is 0.850 bits per heavy atom. The summed E-state index contributed by atoms with van der Waals surface area (Å²) < 4.78 is 80.7. The van der Waals surface area contributed by atoms with Crippen LogP contribution in [-0.2, 0) is 23.6 Å². The fourth-order valence-corrected chi connectivity index (χ4v) is 4.05. The Balaban J connectivity index is 1.53. The van der Waals surface area contributed by atoms with Crippen LogP contribution in [0.5, 0.6) is 0 Å². The van der Waals surface area contributed by atoms with Gasteiger partial charge in [0, 0.05) is 11.4 Å². The molecule has 0 radical (unpaired) electrons. The number of nitrogens with one attached hydrogen (secondary N) is 1. The molecule has 1 aromatic heterocycles. The Hall–Kier alpha value is -4.32. The van der Waals surface area contributed by atoms with Crippen molar-refractivity contribution in [3.05, 3.63) is 106 Å². The summed E-state index contributed by atoms with van der Waals surface area (Å²) in [6.45, 7) is 0. The maximum absolute atomic E-state index is 13.9. The topological polar surface area (TPSA) is 84.2 Å². The first-order valence-electron chi connectivity index (χ1n) is 11.5. The van der Waals surface area contributed by atoms with Crippen LogP contribution in [0.2, 0.25) is 5.02 Å². The van der Waals surface area contributed by atoms with Crippen LogP contribution in [0.3, 0.4) is 0 Å². The molecule has 0 fully saturated rings. The molecule has 13 heteroatoms. The Morgan fingerprint density at radius 3 is 1.90 bits per heavy atom. The van der Waals surface area contributed by atoms with Gasteiger partial charge in [0.2, 0.25) is 0 Å². The molecule has 3 aromatic carbocycles. The molecule has 0 spiro atoms. The summed E-state index contributed by atoms with van der Waals surface area (Å²) in [6, 6.07) is 14.2. The molecule has 1 amide bonds. The fourth-order valence-electron chi connectivity index (χ4n) is 3.92. The van der Waals surface area contributed by atoms with Crippen molar-refractivity contribution >= 4 is 23.5 Å². The van der Waals surface area contributed by atoms with Crippen molar-refractivity contribution < 1.29 is 41.0 Å². The largest absolute Gasteiger partial charge is 0.480 e. The van der Waals surface area contributed by atoms with Gasteiger partial charge < -0.3 is 10.4 Å². The molecular weight excluding hydrogens is 564 g/mol. The van der Waals surface area contributed by atoms with Gasteiger partial charge in [0.25, 0.3) is 5.91 Å². The number of carbonyl (C=O) groups excluding carboxylic acids is 1. The number of rotatable bonds is 7. The number of aromatic nitrogens is 2. The van der Waals surface area contributed by atoms with Crippen molar-refractivity contribution in [1.82, 2.24) is 15.1 Å². The molecule has 0 aliphatic heterocycles. The van der Waals surface area contributed by atoms with Gasteiger partial charge in [-0.25, -0.2) is 9.48 Å². The van der Waals surface area contributed by atoms with E-state index < -0.39 is 47.1 Å². The van der Waals surface area contributed by atoms with Crippen LogP contribution >= 0.6 is 11.6 Å². The first-order valence-corrected chi connectivity index (χ1v) is 11.8. The number of carboxylic acid groups (broad SMARTS) is 1. The third kappa shape index (κ3) is 6.45. The number of carbonyl (C=O) groups is 2. The van der Waals surface area contributed by atoms with E-state index in [0.717, 1.165) is 12.1 Å². The van der Waals surface area contributed by atoms with E-state index in [-0.39, 0.29) is 17.1 Å². The average Bonchev–Trinajstić information content (AvgIpc) is 3.35. The van der Waals surface area contributed by atoms with E-state index in [1.165, 1.54) is 48.5 Å². The third-order valence-corrected chi connectivity index (χ3v) is 6.15. The van der Waals surface area contributed by atoms with E-state index in [1.54, 1.807) is 12.1 Å². The van der Waals surface area contributed by atoms with Crippen LogP contribution in [-0.4, -0.2) is 32.8 Å². The average molecular weight is 582 g/mol. The number of halogens is 7. The number of alkyl halides is 6. The Kier molecular flexibility index (Phi) is 7.92. The standard InChI is InChI=1S/C27H18ClF6N3O3/c28-19-9-11-20(12-10-19)37-23(27(32,33)34)21(14-35-37)24(38)36-22(25(39)40)13-15-1-3-16(4-2-15)17-5-7-18(8-6-17)26(29,30)31/h1-12,14,22H,13H2,(H,36,38)(H,39,40)/t22-/m0/s1. The van der Waals surface area contributed by atoms with Crippen LogP contribution in [0.25, 0.3) is 16.8 Å². The van der Waals surface area contributed by atoms with E-state index in [4.69, 9.17) is 11.6 Å². The number of amides is 1. The lowest BCUT2D eigenvalue weighted by Gasteiger charge is -2.16. The van der Waals surface area contributed by atoms with Gasteiger partial charge in [-0.15, -0.1) is 0 Å². The van der Waals surface area contributed by atoms with E-state index in [9.17, 15) is 41.0 Å². The van der Waals surface area contributed by atoms with Crippen molar-refractivity contribution in [2.75, 3.05) is 0 Å². The van der Waals surface area contributed by atoms with Crippen molar-refractivity contribution in [3.63, 3.8) is 0 Å². The maximum atomic E-state index is 13.9. The van der Waals surface area contributed by atoms with E-state index >= 15 is 0 Å². The van der Waals surface area contributed by atoms with Crippen LogP contribution in [0, 0.1) is 0 Å². The van der Waals surface area contributed by atoms with Gasteiger partial charge in [-0.05, 0) is 53.1 Å². The molecule has 4 aromatic rings. The third-order valence-electron chi connectivity index (χ3n) is 5.90. The normalized spacial score (nSPS) is 12.7. The first-order chi connectivity index (χ1) is 18.7.